The number of anilines is 1. The van der Waals surface area contributed by atoms with Crippen LogP contribution in [-0.4, -0.2) is 49.5 Å². The van der Waals surface area contributed by atoms with E-state index in [0.717, 1.165) is 0 Å². The highest BCUT2D eigenvalue weighted by Crippen LogP contribution is 2.38. The molecule has 0 bridgehead atoms. The van der Waals surface area contributed by atoms with Crippen molar-refractivity contribution in [2.24, 2.45) is 4.99 Å². The fraction of sp³-hybridized carbons (Fsp3) is 0.300. The first-order valence-corrected chi connectivity index (χ1v) is 12.2. The third-order valence-electron chi connectivity index (χ3n) is 4.99. The lowest BCUT2D eigenvalue weighted by atomic mass is 10.1. The van der Waals surface area contributed by atoms with Crippen molar-refractivity contribution < 1.29 is 22.3 Å². The van der Waals surface area contributed by atoms with Gasteiger partial charge in [-0.3, -0.25) is 4.99 Å². The Bertz CT molecular complexity index is 1120. The Morgan fingerprint density at radius 3 is 2.77 bits per heavy atom. The van der Waals surface area contributed by atoms with E-state index in [-0.39, 0.29) is 39.9 Å². The van der Waals surface area contributed by atoms with Crippen LogP contribution in [0.5, 0.6) is 0 Å². The summed E-state index contributed by atoms with van der Waals surface area (Å²) in [5.74, 6) is -0.885. The normalized spacial score (nSPS) is 21.8. The average molecular weight is 469 g/mol. The number of sulfone groups is 1. The van der Waals surface area contributed by atoms with Gasteiger partial charge in [0, 0.05) is 21.5 Å². The van der Waals surface area contributed by atoms with Gasteiger partial charge < -0.3 is 9.64 Å². The summed E-state index contributed by atoms with van der Waals surface area (Å²) in [6, 6.07) is 10.8. The summed E-state index contributed by atoms with van der Waals surface area (Å²) in [6.45, 7) is 0.0775. The van der Waals surface area contributed by atoms with E-state index in [4.69, 9.17) is 16.3 Å². The van der Waals surface area contributed by atoms with Gasteiger partial charge in [-0.2, -0.15) is 0 Å². The highest BCUT2D eigenvalue weighted by atomic mass is 35.5. The molecule has 0 spiro atoms. The van der Waals surface area contributed by atoms with Crippen molar-refractivity contribution in [2.75, 3.05) is 23.5 Å². The number of rotatable bonds is 4. The molecule has 2 unspecified atom stereocenters. The summed E-state index contributed by atoms with van der Waals surface area (Å²) in [6.07, 6.45) is 0. The first-order valence-electron chi connectivity index (χ1n) is 9.11. The molecule has 2 heterocycles. The van der Waals surface area contributed by atoms with Crippen LogP contribution in [0, 0.1) is 5.82 Å². The van der Waals surface area contributed by atoms with Crippen LogP contribution in [0.25, 0.3) is 0 Å². The van der Waals surface area contributed by atoms with Crippen LogP contribution < -0.4 is 4.90 Å². The van der Waals surface area contributed by atoms with Crippen LogP contribution in [-0.2, 0) is 21.1 Å². The lowest BCUT2D eigenvalue weighted by Gasteiger charge is -2.26. The number of amidine groups is 1. The van der Waals surface area contributed by atoms with E-state index in [1.54, 1.807) is 35.2 Å². The number of carbonyl (C=O) groups is 1. The number of ether oxygens (including phenoxy) is 1. The van der Waals surface area contributed by atoms with Crippen molar-refractivity contribution in [1.29, 1.82) is 0 Å². The third-order valence-corrected chi connectivity index (χ3v) is 8.59. The van der Waals surface area contributed by atoms with Gasteiger partial charge in [0.15, 0.2) is 15.0 Å². The summed E-state index contributed by atoms with van der Waals surface area (Å²) in [4.78, 5) is 18.4. The van der Waals surface area contributed by atoms with E-state index in [2.05, 4.69) is 4.99 Å². The minimum absolute atomic E-state index is 0.00462. The molecule has 0 aromatic heterocycles. The molecule has 4 rings (SSSR count). The Labute approximate surface area is 183 Å². The first kappa shape index (κ1) is 21.1. The topological polar surface area (TPSA) is 76.0 Å². The van der Waals surface area contributed by atoms with E-state index in [9.17, 15) is 17.6 Å². The number of benzene rings is 2. The SMILES string of the molecule is COC(=O)c1cccc(N(Cc2c(F)cccc2Cl)C2=NC3CS(=O)(=O)CC3S2)c1. The van der Waals surface area contributed by atoms with E-state index < -0.39 is 21.6 Å². The zero-order valence-corrected chi connectivity index (χ0v) is 18.3. The molecule has 2 aromatic carbocycles. The van der Waals surface area contributed by atoms with Crippen molar-refractivity contribution in [3.63, 3.8) is 0 Å². The van der Waals surface area contributed by atoms with Gasteiger partial charge >= 0.3 is 5.97 Å². The van der Waals surface area contributed by atoms with Crippen molar-refractivity contribution in [3.05, 3.63) is 64.4 Å². The lowest BCUT2D eigenvalue weighted by molar-refractivity contribution is 0.0600. The zero-order valence-electron chi connectivity index (χ0n) is 15.9. The number of hydrogen-bond acceptors (Lipinski definition) is 7. The summed E-state index contributed by atoms with van der Waals surface area (Å²) in [5.41, 5.74) is 1.23. The Balaban J connectivity index is 1.74. The van der Waals surface area contributed by atoms with Crippen molar-refractivity contribution in [2.45, 2.75) is 17.8 Å². The predicted molar refractivity (Wildman–Crippen MR) is 117 cm³/mol. The van der Waals surface area contributed by atoms with Crippen LogP contribution in [0.3, 0.4) is 0 Å². The molecule has 2 aliphatic rings. The maximum atomic E-state index is 14.5. The smallest absolute Gasteiger partial charge is 0.337 e. The molecule has 2 aromatic rings. The number of carbonyl (C=O) groups excluding carboxylic acids is 1. The second-order valence-electron chi connectivity index (χ2n) is 7.04. The molecule has 30 heavy (non-hydrogen) atoms. The molecule has 10 heteroatoms. The molecule has 2 aliphatic heterocycles. The summed E-state index contributed by atoms with van der Waals surface area (Å²) in [7, 11) is -1.81. The summed E-state index contributed by atoms with van der Waals surface area (Å²) >= 11 is 7.59. The molecule has 0 N–H and O–H groups in total. The fourth-order valence-electron chi connectivity index (χ4n) is 3.50. The number of thioether (sulfide) groups is 1. The molecule has 0 aliphatic carbocycles. The van der Waals surface area contributed by atoms with E-state index in [0.29, 0.717) is 16.4 Å². The largest absolute Gasteiger partial charge is 0.465 e. The third kappa shape index (κ3) is 4.19. The maximum absolute atomic E-state index is 14.5. The summed E-state index contributed by atoms with van der Waals surface area (Å²) in [5, 5.41) is 0.670. The molecule has 0 radical (unpaired) electrons. The number of esters is 1. The molecular weight excluding hydrogens is 451 g/mol. The minimum atomic E-state index is -3.10. The van der Waals surface area contributed by atoms with Gasteiger partial charge in [0.05, 0.1) is 36.8 Å². The van der Waals surface area contributed by atoms with Gasteiger partial charge in [0.1, 0.15) is 5.82 Å². The van der Waals surface area contributed by atoms with Crippen LogP contribution in [0.4, 0.5) is 10.1 Å². The van der Waals surface area contributed by atoms with Crippen molar-refractivity contribution >= 4 is 50.0 Å². The molecule has 2 atom stereocenters. The number of fused-ring (bicyclic) bond motifs is 1. The predicted octanol–water partition coefficient (Wildman–Crippen LogP) is 3.54. The van der Waals surface area contributed by atoms with Gasteiger partial charge in [-0.15, -0.1) is 0 Å². The number of hydrogen-bond donors (Lipinski definition) is 0. The standard InChI is InChI=1S/C20H18ClFN2O4S2/c1-28-19(25)12-4-2-5-13(8-12)24(9-14-15(21)6-3-7-16(14)22)20-23-17-10-30(26,27)11-18(17)29-20/h2-8,17-18H,9-11H2,1H3. The second-order valence-corrected chi connectivity index (χ2v) is 10.8. The van der Waals surface area contributed by atoms with Gasteiger partial charge in [0.2, 0.25) is 0 Å². The average Bonchev–Trinajstić information content (AvgIpc) is 3.20. The van der Waals surface area contributed by atoms with Crippen molar-refractivity contribution in [3.8, 4) is 0 Å². The monoisotopic (exact) mass is 468 g/mol. The van der Waals surface area contributed by atoms with Crippen LogP contribution >= 0.6 is 23.4 Å². The Morgan fingerprint density at radius 2 is 2.07 bits per heavy atom. The van der Waals surface area contributed by atoms with E-state index in [1.807, 2.05) is 0 Å². The molecule has 6 nitrogen and oxygen atoms in total. The fourth-order valence-corrected chi connectivity index (χ4v) is 7.50. The molecule has 0 saturated carbocycles. The highest BCUT2D eigenvalue weighted by molar-refractivity contribution is 8.15. The number of nitrogens with zero attached hydrogens (tertiary/aromatic N) is 2. The quantitative estimate of drug-likeness (QED) is 0.639. The van der Waals surface area contributed by atoms with Crippen LogP contribution in [0.2, 0.25) is 5.02 Å². The van der Waals surface area contributed by atoms with Crippen LogP contribution in [0.15, 0.2) is 47.5 Å². The van der Waals surface area contributed by atoms with E-state index >= 15 is 0 Å². The number of aliphatic imine (C=N–C) groups is 1. The highest BCUT2D eigenvalue weighted by Gasteiger charge is 2.44. The molecule has 0 amide bonds. The lowest BCUT2D eigenvalue weighted by Crippen LogP contribution is -2.29. The first-order chi connectivity index (χ1) is 14.3. The minimum Gasteiger partial charge on any atom is -0.465 e. The Morgan fingerprint density at radius 1 is 1.30 bits per heavy atom. The maximum Gasteiger partial charge on any atom is 0.337 e. The molecular formula is C20H18ClFN2O4S2. The molecule has 158 valence electrons. The van der Waals surface area contributed by atoms with Gasteiger partial charge in [0.25, 0.3) is 0 Å². The second kappa shape index (κ2) is 8.20. The van der Waals surface area contributed by atoms with Gasteiger partial charge in [-0.05, 0) is 30.3 Å². The van der Waals surface area contributed by atoms with Gasteiger partial charge in [-0.25, -0.2) is 17.6 Å². The Hall–Kier alpha value is -2.10. The molecule has 1 fully saturated rings. The van der Waals surface area contributed by atoms with E-state index in [1.165, 1.54) is 31.0 Å². The zero-order chi connectivity index (χ0) is 21.5. The Kier molecular flexibility index (Phi) is 5.78. The number of methoxy groups -OCH3 is 1. The van der Waals surface area contributed by atoms with Crippen LogP contribution in [0.1, 0.15) is 15.9 Å². The van der Waals surface area contributed by atoms with Gasteiger partial charge in [-0.1, -0.05) is 35.5 Å². The number of halogens is 2. The molecule has 1 saturated heterocycles. The summed E-state index contributed by atoms with van der Waals surface area (Å²) < 4.78 is 43.1. The van der Waals surface area contributed by atoms with Crippen molar-refractivity contribution in [1.82, 2.24) is 0 Å².